The maximum Gasteiger partial charge on any atom is 0.243 e. The first kappa shape index (κ1) is 23.2. The Hall–Kier alpha value is -4.26. The van der Waals surface area contributed by atoms with E-state index in [0.717, 1.165) is 49.3 Å². The lowest BCUT2D eigenvalue weighted by Crippen LogP contribution is -2.17. The number of benzene rings is 4. The van der Waals surface area contributed by atoms with E-state index in [0.29, 0.717) is 15.8 Å². The van der Waals surface area contributed by atoms with Gasteiger partial charge < -0.3 is 5.11 Å². The smallest absolute Gasteiger partial charge is 0.243 e. The first-order chi connectivity index (χ1) is 18.0. The molecule has 5 aromatic rings. The number of rotatable bonds is 3. The van der Waals surface area contributed by atoms with Crippen molar-refractivity contribution in [2.45, 2.75) is 4.90 Å². The Balaban J connectivity index is 1.29. The van der Waals surface area contributed by atoms with Crippen molar-refractivity contribution in [1.82, 2.24) is 0 Å². The summed E-state index contributed by atoms with van der Waals surface area (Å²) in [6.07, 6.45) is 7.86. The molecule has 4 aromatic carbocycles. The molecule has 2 heterocycles. The molecular formula is C31H18O4S2. The molecule has 0 amide bonds. The Morgan fingerprint density at radius 3 is 2.22 bits per heavy atom. The normalized spacial score (nSPS) is 15.1. The van der Waals surface area contributed by atoms with E-state index in [1.165, 1.54) is 6.08 Å². The number of thioether (sulfide) groups is 1. The largest absolute Gasteiger partial charge is 0.506 e. The van der Waals surface area contributed by atoms with Crippen molar-refractivity contribution in [2.75, 3.05) is 0 Å². The van der Waals surface area contributed by atoms with E-state index >= 15 is 0 Å². The first-order valence-electron chi connectivity index (χ1n) is 11.5. The summed E-state index contributed by atoms with van der Waals surface area (Å²) in [7, 11) is 0. The van der Waals surface area contributed by atoms with Crippen LogP contribution >= 0.6 is 23.1 Å². The number of fused-ring (bicyclic) bond motifs is 6. The zero-order valence-electron chi connectivity index (χ0n) is 19.3. The summed E-state index contributed by atoms with van der Waals surface area (Å²) in [6.45, 7) is 0. The molecule has 0 fully saturated rings. The third kappa shape index (κ3) is 4.00. The molecule has 0 spiro atoms. The van der Waals surface area contributed by atoms with Gasteiger partial charge in [-0.1, -0.05) is 90.2 Å². The highest BCUT2D eigenvalue weighted by molar-refractivity contribution is 8.14. The Labute approximate surface area is 219 Å². The SMILES string of the molecule is O=C1Sc2c(ccc3ccccc23)C(=O)C1=CC=CC=Cc1c(O)c2ccc3ccccc3c2sc1=O. The molecule has 0 bridgehead atoms. The molecular weight excluding hydrogens is 500 g/mol. The third-order valence-electron chi connectivity index (χ3n) is 6.34. The quantitative estimate of drug-likeness (QED) is 0.118. The number of aromatic hydroxyl groups is 1. The van der Waals surface area contributed by atoms with Gasteiger partial charge in [-0.25, -0.2) is 0 Å². The van der Waals surface area contributed by atoms with Crippen molar-refractivity contribution in [3.05, 3.63) is 123 Å². The minimum Gasteiger partial charge on any atom is -0.506 e. The Bertz CT molecular complexity index is 1930. The Kier molecular flexibility index (Phi) is 5.83. The Morgan fingerprint density at radius 2 is 1.41 bits per heavy atom. The van der Waals surface area contributed by atoms with E-state index in [1.807, 2.05) is 66.7 Å². The molecule has 0 saturated heterocycles. The molecule has 37 heavy (non-hydrogen) atoms. The molecule has 4 nitrogen and oxygen atoms in total. The molecule has 0 atom stereocenters. The zero-order valence-corrected chi connectivity index (χ0v) is 20.9. The van der Waals surface area contributed by atoms with Gasteiger partial charge in [-0.15, -0.1) is 0 Å². The number of carbonyl (C=O) groups is 2. The molecule has 6 rings (SSSR count). The highest BCUT2D eigenvalue weighted by Crippen LogP contribution is 2.39. The molecule has 1 aliphatic heterocycles. The predicted molar refractivity (Wildman–Crippen MR) is 153 cm³/mol. The van der Waals surface area contributed by atoms with Gasteiger partial charge in [-0.2, -0.15) is 0 Å². The number of hydrogen-bond donors (Lipinski definition) is 1. The van der Waals surface area contributed by atoms with Gasteiger partial charge in [0.15, 0.2) is 5.78 Å². The van der Waals surface area contributed by atoms with Crippen molar-refractivity contribution in [3.63, 3.8) is 0 Å². The van der Waals surface area contributed by atoms with Gasteiger partial charge in [0, 0.05) is 20.5 Å². The second kappa shape index (κ2) is 9.32. The molecule has 1 N–H and O–H groups in total. The minimum atomic E-state index is -0.304. The molecule has 1 aromatic heterocycles. The second-order valence-electron chi connectivity index (χ2n) is 8.52. The summed E-state index contributed by atoms with van der Waals surface area (Å²) in [5.74, 6) is -0.369. The van der Waals surface area contributed by atoms with Gasteiger partial charge in [0.2, 0.25) is 9.86 Å². The van der Waals surface area contributed by atoms with Crippen LogP contribution in [-0.4, -0.2) is 16.0 Å². The lowest BCUT2D eigenvalue weighted by atomic mass is 9.99. The second-order valence-corrected chi connectivity index (χ2v) is 10.5. The van der Waals surface area contributed by atoms with Crippen LogP contribution in [0.5, 0.6) is 5.75 Å². The zero-order chi connectivity index (χ0) is 25.5. The number of Topliss-reactive ketones (excluding diaryl/α,β-unsaturated/α-hetero) is 1. The lowest BCUT2D eigenvalue weighted by molar-refractivity contribution is -0.107. The number of allylic oxidation sites excluding steroid dienone is 4. The predicted octanol–water partition coefficient (Wildman–Crippen LogP) is 7.28. The van der Waals surface area contributed by atoms with Gasteiger partial charge in [-0.3, -0.25) is 14.4 Å². The fraction of sp³-hybridized carbons (Fsp3) is 0. The van der Waals surface area contributed by atoms with E-state index < -0.39 is 0 Å². The van der Waals surface area contributed by atoms with Crippen molar-refractivity contribution >= 4 is 71.7 Å². The molecule has 0 unspecified atom stereocenters. The van der Waals surface area contributed by atoms with E-state index in [4.69, 9.17) is 0 Å². The Morgan fingerprint density at radius 1 is 0.703 bits per heavy atom. The van der Waals surface area contributed by atoms with Crippen LogP contribution in [0.1, 0.15) is 15.9 Å². The van der Waals surface area contributed by atoms with Crippen LogP contribution in [0.4, 0.5) is 0 Å². The van der Waals surface area contributed by atoms with Gasteiger partial charge in [-0.05, 0) is 57.6 Å². The summed E-state index contributed by atoms with van der Waals surface area (Å²) >= 11 is 2.17. The van der Waals surface area contributed by atoms with Crippen LogP contribution in [0.3, 0.4) is 0 Å². The fourth-order valence-electron chi connectivity index (χ4n) is 4.50. The van der Waals surface area contributed by atoms with Crippen molar-refractivity contribution < 1.29 is 14.7 Å². The maximum absolute atomic E-state index is 13.0. The fourth-order valence-corrected chi connectivity index (χ4v) is 6.56. The molecule has 0 saturated carbocycles. The summed E-state index contributed by atoms with van der Waals surface area (Å²) in [4.78, 5) is 39.3. The monoisotopic (exact) mass is 518 g/mol. The van der Waals surface area contributed by atoms with Crippen LogP contribution in [0.15, 0.2) is 112 Å². The van der Waals surface area contributed by atoms with Crippen LogP contribution in [-0.2, 0) is 4.79 Å². The molecule has 6 heteroatoms. The van der Waals surface area contributed by atoms with Crippen molar-refractivity contribution in [1.29, 1.82) is 0 Å². The molecule has 1 aliphatic rings. The van der Waals surface area contributed by atoms with Crippen molar-refractivity contribution in [3.8, 4) is 5.75 Å². The number of carbonyl (C=O) groups excluding carboxylic acids is 2. The van der Waals surface area contributed by atoms with Gasteiger partial charge in [0.25, 0.3) is 0 Å². The summed E-state index contributed by atoms with van der Waals surface area (Å²) in [5, 5.41) is 14.9. The lowest BCUT2D eigenvalue weighted by Gasteiger charge is -2.17. The average Bonchev–Trinajstić information content (AvgIpc) is 2.91. The summed E-state index contributed by atoms with van der Waals surface area (Å²) in [5.41, 5.74) is 0.820. The van der Waals surface area contributed by atoms with Gasteiger partial charge >= 0.3 is 0 Å². The average molecular weight is 519 g/mol. The van der Waals surface area contributed by atoms with Crippen molar-refractivity contribution in [2.24, 2.45) is 0 Å². The first-order valence-corrected chi connectivity index (χ1v) is 13.2. The van der Waals surface area contributed by atoms with Gasteiger partial charge in [0.05, 0.1) is 11.1 Å². The molecule has 0 radical (unpaired) electrons. The third-order valence-corrected chi connectivity index (χ3v) is 8.43. The van der Waals surface area contributed by atoms with Crippen LogP contribution in [0, 0.1) is 0 Å². The standard InChI is InChI=1S/C31H18O4S2/c32-26-22-16-14-18-8-4-6-10-20(18)28(22)36-30(34)24(26)12-2-1-3-13-25-27(33)23-17-15-19-9-5-7-11-21(19)29(23)37-31(25)35/h1-17,32H. The van der Waals surface area contributed by atoms with E-state index in [-0.39, 0.29) is 32.5 Å². The van der Waals surface area contributed by atoms with E-state index in [1.54, 1.807) is 30.4 Å². The van der Waals surface area contributed by atoms with E-state index in [9.17, 15) is 19.5 Å². The van der Waals surface area contributed by atoms with Crippen LogP contribution in [0.25, 0.3) is 37.7 Å². The minimum absolute atomic E-state index is 0.0645. The van der Waals surface area contributed by atoms with E-state index in [2.05, 4.69) is 0 Å². The maximum atomic E-state index is 13.0. The van der Waals surface area contributed by atoms with Crippen LogP contribution < -0.4 is 4.74 Å². The highest BCUT2D eigenvalue weighted by atomic mass is 32.2. The topological polar surface area (TPSA) is 71.4 Å². The van der Waals surface area contributed by atoms with Gasteiger partial charge in [0.1, 0.15) is 5.75 Å². The highest BCUT2D eigenvalue weighted by Gasteiger charge is 2.30. The number of ketones is 1. The summed E-state index contributed by atoms with van der Waals surface area (Å²) in [6, 6.07) is 22.8. The summed E-state index contributed by atoms with van der Waals surface area (Å²) < 4.78 is 0.500. The number of hydrogen-bond acceptors (Lipinski definition) is 6. The molecule has 0 aliphatic carbocycles. The molecule has 178 valence electrons. The van der Waals surface area contributed by atoms with Crippen LogP contribution in [0.2, 0.25) is 0 Å².